The zero-order valence-corrected chi connectivity index (χ0v) is 17.5. The molecule has 0 aliphatic rings. The van der Waals surface area contributed by atoms with Gasteiger partial charge in [-0.2, -0.15) is 4.98 Å². The van der Waals surface area contributed by atoms with Crippen molar-refractivity contribution >= 4 is 18.9 Å². The van der Waals surface area contributed by atoms with E-state index in [2.05, 4.69) is 10.3 Å². The van der Waals surface area contributed by atoms with Crippen molar-refractivity contribution in [3.63, 3.8) is 0 Å². The van der Waals surface area contributed by atoms with Crippen molar-refractivity contribution in [2.24, 2.45) is 0 Å². The number of halogens is 1. The lowest BCUT2D eigenvalue weighted by Crippen LogP contribution is -2.16. The molecule has 3 aromatic rings. The van der Waals surface area contributed by atoms with Crippen LogP contribution in [0.1, 0.15) is 25.0 Å². The molecule has 29 heavy (non-hydrogen) atoms. The Morgan fingerprint density at radius 3 is 2.24 bits per heavy atom. The Bertz CT molecular complexity index is 977. The molecule has 1 heterocycles. The Hall–Kier alpha value is -2.47. The zero-order valence-electron chi connectivity index (χ0n) is 16.6. The summed E-state index contributed by atoms with van der Waals surface area (Å²) in [6.45, 7) is 6.17. The molecule has 0 aliphatic carbocycles. The van der Waals surface area contributed by atoms with Crippen LogP contribution in [0.25, 0.3) is 11.5 Å². The summed E-state index contributed by atoms with van der Waals surface area (Å²) in [7, 11) is -3.67. The normalized spacial score (nSPS) is 11.6. The van der Waals surface area contributed by atoms with E-state index < -0.39 is 7.60 Å². The van der Waals surface area contributed by atoms with Gasteiger partial charge in [0.1, 0.15) is 5.82 Å². The number of nitrogens with zero attached hydrogens (tertiary/aromatic N) is 1. The number of hydrogen-bond acceptors (Lipinski definition) is 6. The minimum Gasteiger partial charge on any atom is -0.420 e. The lowest BCUT2D eigenvalue weighted by molar-refractivity contribution is 0.229. The first-order valence-electron chi connectivity index (χ1n) is 9.41. The summed E-state index contributed by atoms with van der Waals surface area (Å²) in [6.07, 6.45) is 0. The monoisotopic (exact) mass is 418 g/mol. The summed E-state index contributed by atoms with van der Waals surface area (Å²) >= 11 is 0. The summed E-state index contributed by atoms with van der Waals surface area (Å²) in [6, 6.07) is 13.7. The molecule has 0 bridgehead atoms. The maximum absolute atomic E-state index is 13.3. The Kier molecular flexibility index (Phi) is 6.85. The SMILES string of the molecule is CCOP(=O)(OCC)c1nc(-c2ccc(C)cc2)oc1NCc1ccc(F)cc1. The summed E-state index contributed by atoms with van der Waals surface area (Å²) in [5, 5.41) is 3.09. The average Bonchev–Trinajstić information content (AvgIpc) is 3.14. The van der Waals surface area contributed by atoms with Crippen LogP contribution in [0.5, 0.6) is 0 Å². The molecule has 0 amide bonds. The molecule has 8 heteroatoms. The smallest absolute Gasteiger partial charge is 0.385 e. The minimum absolute atomic E-state index is 0.0962. The number of rotatable bonds is 9. The number of aromatic nitrogens is 1. The van der Waals surface area contributed by atoms with Gasteiger partial charge >= 0.3 is 7.60 Å². The van der Waals surface area contributed by atoms with Gasteiger partial charge in [0.15, 0.2) is 0 Å². The molecule has 0 fully saturated rings. The highest BCUT2D eigenvalue weighted by molar-refractivity contribution is 7.62. The molecule has 6 nitrogen and oxygen atoms in total. The Morgan fingerprint density at radius 1 is 1.03 bits per heavy atom. The Morgan fingerprint density at radius 2 is 1.66 bits per heavy atom. The van der Waals surface area contributed by atoms with Crippen LogP contribution in [0.4, 0.5) is 10.3 Å². The molecule has 0 aliphatic heterocycles. The predicted octanol–water partition coefficient (Wildman–Crippen LogP) is 5.29. The number of nitrogens with one attached hydrogen (secondary N) is 1. The molecule has 3 rings (SSSR count). The van der Waals surface area contributed by atoms with E-state index in [1.807, 2.05) is 31.2 Å². The predicted molar refractivity (Wildman–Crippen MR) is 111 cm³/mol. The quantitative estimate of drug-likeness (QED) is 0.476. The van der Waals surface area contributed by atoms with Crippen molar-refractivity contribution in [3.05, 3.63) is 65.5 Å². The van der Waals surface area contributed by atoms with E-state index in [4.69, 9.17) is 13.5 Å². The summed E-state index contributed by atoms with van der Waals surface area (Å²) in [4.78, 5) is 4.44. The molecular weight excluding hydrogens is 394 g/mol. The van der Waals surface area contributed by atoms with Gasteiger partial charge in [-0.15, -0.1) is 0 Å². The van der Waals surface area contributed by atoms with Gasteiger partial charge in [-0.3, -0.25) is 4.57 Å². The number of oxazole rings is 1. The Labute approximate surface area is 169 Å². The van der Waals surface area contributed by atoms with E-state index in [9.17, 15) is 8.96 Å². The van der Waals surface area contributed by atoms with E-state index in [0.717, 1.165) is 16.7 Å². The molecule has 2 aromatic carbocycles. The first-order chi connectivity index (χ1) is 13.9. The molecule has 0 spiro atoms. The van der Waals surface area contributed by atoms with Crippen LogP contribution in [0, 0.1) is 12.7 Å². The third-order valence-electron chi connectivity index (χ3n) is 4.13. The van der Waals surface area contributed by atoms with Crippen LogP contribution in [-0.4, -0.2) is 18.2 Å². The highest BCUT2D eigenvalue weighted by Gasteiger charge is 2.35. The van der Waals surface area contributed by atoms with E-state index in [1.54, 1.807) is 26.0 Å². The second-order valence-electron chi connectivity index (χ2n) is 6.35. The third kappa shape index (κ3) is 5.12. The van der Waals surface area contributed by atoms with E-state index in [1.165, 1.54) is 12.1 Å². The van der Waals surface area contributed by atoms with Crippen LogP contribution in [0.15, 0.2) is 52.9 Å². The van der Waals surface area contributed by atoms with E-state index in [0.29, 0.717) is 12.4 Å². The molecule has 0 atom stereocenters. The van der Waals surface area contributed by atoms with Gasteiger partial charge < -0.3 is 18.8 Å². The Balaban J connectivity index is 1.97. The fraction of sp³-hybridized carbons (Fsp3) is 0.286. The van der Waals surface area contributed by atoms with Crippen LogP contribution in [0.3, 0.4) is 0 Å². The molecular formula is C21H24FN2O4P. The first-order valence-corrected chi connectivity index (χ1v) is 10.9. The van der Waals surface area contributed by atoms with Crippen molar-refractivity contribution in [2.75, 3.05) is 18.5 Å². The topological polar surface area (TPSA) is 73.6 Å². The molecule has 0 unspecified atom stereocenters. The van der Waals surface area contributed by atoms with Gasteiger partial charge in [-0.1, -0.05) is 29.8 Å². The van der Waals surface area contributed by atoms with Crippen LogP contribution >= 0.6 is 7.60 Å². The van der Waals surface area contributed by atoms with Crippen molar-refractivity contribution < 1.29 is 22.4 Å². The maximum atomic E-state index is 13.3. The van der Waals surface area contributed by atoms with Crippen LogP contribution < -0.4 is 10.8 Å². The fourth-order valence-corrected chi connectivity index (χ4v) is 4.30. The van der Waals surface area contributed by atoms with Gasteiger partial charge in [0.2, 0.25) is 17.2 Å². The van der Waals surface area contributed by atoms with Crippen LogP contribution in [-0.2, 0) is 20.2 Å². The highest BCUT2D eigenvalue weighted by Crippen LogP contribution is 2.49. The van der Waals surface area contributed by atoms with Crippen molar-refractivity contribution in [1.29, 1.82) is 0 Å². The van der Waals surface area contributed by atoms with E-state index in [-0.39, 0.29) is 30.4 Å². The van der Waals surface area contributed by atoms with Gasteiger partial charge in [0.25, 0.3) is 0 Å². The molecule has 1 aromatic heterocycles. The number of anilines is 1. The number of benzene rings is 2. The van der Waals surface area contributed by atoms with Crippen molar-refractivity contribution in [3.8, 4) is 11.5 Å². The van der Waals surface area contributed by atoms with Gasteiger partial charge in [0, 0.05) is 12.1 Å². The maximum Gasteiger partial charge on any atom is 0.385 e. The molecule has 0 saturated carbocycles. The fourth-order valence-electron chi connectivity index (χ4n) is 2.72. The second-order valence-corrected chi connectivity index (χ2v) is 8.29. The summed E-state index contributed by atoms with van der Waals surface area (Å²) in [5.41, 5.74) is 2.77. The van der Waals surface area contributed by atoms with Gasteiger partial charge in [-0.25, -0.2) is 4.39 Å². The van der Waals surface area contributed by atoms with E-state index >= 15 is 0 Å². The minimum atomic E-state index is -3.67. The number of aryl methyl sites for hydroxylation is 1. The third-order valence-corrected chi connectivity index (χ3v) is 6.15. The largest absolute Gasteiger partial charge is 0.420 e. The van der Waals surface area contributed by atoms with Crippen LogP contribution in [0.2, 0.25) is 0 Å². The zero-order chi connectivity index (χ0) is 20.9. The standard InChI is InChI=1S/C21H24FN2O4P/c1-4-26-29(25,27-5-2)21-20(23-14-16-8-12-18(22)13-9-16)28-19(24-21)17-10-6-15(3)7-11-17/h6-13,23H,4-5,14H2,1-3H3. The second kappa shape index (κ2) is 9.35. The summed E-state index contributed by atoms with van der Waals surface area (Å²) < 4.78 is 43.3. The molecule has 154 valence electrons. The average molecular weight is 418 g/mol. The summed E-state index contributed by atoms with van der Waals surface area (Å²) in [5.74, 6) is 0.198. The lowest BCUT2D eigenvalue weighted by atomic mass is 10.1. The molecule has 0 saturated heterocycles. The molecule has 1 N–H and O–H groups in total. The highest BCUT2D eigenvalue weighted by atomic mass is 31.2. The van der Waals surface area contributed by atoms with Gasteiger partial charge in [0.05, 0.1) is 13.2 Å². The molecule has 0 radical (unpaired) electrons. The number of hydrogen-bond donors (Lipinski definition) is 1. The van der Waals surface area contributed by atoms with Gasteiger partial charge in [-0.05, 0) is 50.6 Å². The van der Waals surface area contributed by atoms with Crippen molar-refractivity contribution in [2.45, 2.75) is 27.3 Å². The first kappa shape index (κ1) is 21.2. The lowest BCUT2D eigenvalue weighted by Gasteiger charge is -2.15. The van der Waals surface area contributed by atoms with Crippen molar-refractivity contribution in [1.82, 2.24) is 4.98 Å².